The van der Waals surface area contributed by atoms with Crippen LogP contribution in [0.5, 0.6) is 0 Å². The molecular formula is C16H17NO8. The topological polar surface area (TPSA) is 141 Å². The minimum Gasteiger partial charge on any atom is -0.481 e. The molecule has 1 aromatic carbocycles. The van der Waals surface area contributed by atoms with Crippen molar-refractivity contribution in [1.29, 1.82) is 0 Å². The first-order chi connectivity index (χ1) is 11.8. The number of nitrogens with zero attached hydrogens (tertiary/aromatic N) is 1. The number of carbonyl (C=O) groups is 4. The van der Waals surface area contributed by atoms with Gasteiger partial charge in [-0.15, -0.1) is 0 Å². The lowest BCUT2D eigenvalue weighted by Gasteiger charge is -2.40. The van der Waals surface area contributed by atoms with Crippen LogP contribution in [-0.4, -0.2) is 56.3 Å². The van der Waals surface area contributed by atoms with Crippen molar-refractivity contribution in [2.75, 3.05) is 0 Å². The first kappa shape index (κ1) is 18.2. The summed E-state index contributed by atoms with van der Waals surface area (Å²) in [5.41, 5.74) is 0.626. The fraction of sp³-hybridized carbons (Fsp3) is 0.375. The van der Waals surface area contributed by atoms with Crippen molar-refractivity contribution in [2.45, 2.75) is 31.5 Å². The SMILES string of the molecule is O=C(O)[C@H]1CC[C@@H](C(=O)O)N(C(=O)OCc2ccccc2)[C@@H]1C(=O)O. The van der Waals surface area contributed by atoms with Crippen LogP contribution in [-0.2, 0) is 25.7 Å². The molecule has 9 heteroatoms. The van der Waals surface area contributed by atoms with Crippen molar-refractivity contribution in [3.05, 3.63) is 35.9 Å². The second-order valence-electron chi connectivity index (χ2n) is 5.61. The summed E-state index contributed by atoms with van der Waals surface area (Å²) in [5.74, 6) is -5.81. The molecule has 2 rings (SSSR count). The zero-order chi connectivity index (χ0) is 18.6. The summed E-state index contributed by atoms with van der Waals surface area (Å²) >= 11 is 0. The normalized spacial score (nSPS) is 22.9. The van der Waals surface area contributed by atoms with Crippen LogP contribution in [0.3, 0.4) is 0 Å². The maximum absolute atomic E-state index is 12.4. The Labute approximate surface area is 142 Å². The fourth-order valence-corrected chi connectivity index (χ4v) is 2.85. The lowest BCUT2D eigenvalue weighted by Crippen LogP contribution is -2.61. The van der Waals surface area contributed by atoms with Crippen LogP contribution in [0.15, 0.2) is 30.3 Å². The van der Waals surface area contributed by atoms with Crippen LogP contribution in [0.4, 0.5) is 4.79 Å². The van der Waals surface area contributed by atoms with E-state index in [-0.39, 0.29) is 19.4 Å². The summed E-state index contributed by atoms with van der Waals surface area (Å²) in [5, 5.41) is 27.8. The van der Waals surface area contributed by atoms with Gasteiger partial charge in [0.2, 0.25) is 0 Å². The van der Waals surface area contributed by atoms with E-state index in [2.05, 4.69) is 0 Å². The Morgan fingerprint density at radius 1 is 0.960 bits per heavy atom. The van der Waals surface area contributed by atoms with Gasteiger partial charge in [-0.2, -0.15) is 0 Å². The molecule has 1 aromatic rings. The first-order valence-electron chi connectivity index (χ1n) is 7.50. The second-order valence-corrected chi connectivity index (χ2v) is 5.61. The Morgan fingerprint density at radius 2 is 1.60 bits per heavy atom. The summed E-state index contributed by atoms with van der Waals surface area (Å²) in [6, 6.07) is 5.26. The number of likely N-dealkylation sites (tertiary alicyclic amines) is 1. The molecule has 3 atom stereocenters. The van der Waals surface area contributed by atoms with E-state index in [1.54, 1.807) is 30.3 Å². The summed E-state index contributed by atoms with van der Waals surface area (Å²) in [6.07, 6.45) is -1.50. The summed E-state index contributed by atoms with van der Waals surface area (Å²) in [6.45, 7) is -0.188. The second kappa shape index (κ2) is 7.65. The Bertz CT molecular complexity index is 674. The first-order valence-corrected chi connectivity index (χ1v) is 7.50. The number of aliphatic carboxylic acids is 3. The maximum Gasteiger partial charge on any atom is 0.411 e. The average Bonchev–Trinajstić information content (AvgIpc) is 2.58. The number of amides is 1. The summed E-state index contributed by atoms with van der Waals surface area (Å²) < 4.78 is 5.02. The number of ether oxygens (including phenoxy) is 1. The Morgan fingerprint density at radius 3 is 2.12 bits per heavy atom. The van der Waals surface area contributed by atoms with E-state index in [9.17, 15) is 34.5 Å². The van der Waals surface area contributed by atoms with Crippen LogP contribution in [0.2, 0.25) is 0 Å². The van der Waals surface area contributed by atoms with Gasteiger partial charge >= 0.3 is 24.0 Å². The third-order valence-corrected chi connectivity index (χ3v) is 4.04. The third kappa shape index (κ3) is 4.06. The van der Waals surface area contributed by atoms with Gasteiger partial charge in [0.05, 0.1) is 5.92 Å². The van der Waals surface area contributed by atoms with E-state index >= 15 is 0 Å². The Balaban J connectivity index is 2.25. The highest BCUT2D eigenvalue weighted by Crippen LogP contribution is 2.30. The molecule has 1 fully saturated rings. The molecule has 3 N–H and O–H groups in total. The van der Waals surface area contributed by atoms with Crippen LogP contribution >= 0.6 is 0 Å². The van der Waals surface area contributed by atoms with Gasteiger partial charge in [0.1, 0.15) is 18.7 Å². The molecule has 1 amide bonds. The number of carboxylic acid groups (broad SMARTS) is 3. The molecule has 0 radical (unpaired) electrons. The lowest BCUT2D eigenvalue weighted by atomic mass is 9.85. The van der Waals surface area contributed by atoms with E-state index in [1.165, 1.54) is 0 Å². The number of hydrogen-bond donors (Lipinski definition) is 3. The minimum atomic E-state index is -1.81. The molecule has 0 aromatic heterocycles. The molecular weight excluding hydrogens is 334 g/mol. The van der Waals surface area contributed by atoms with Gasteiger partial charge in [-0.05, 0) is 18.4 Å². The molecule has 1 aliphatic heterocycles. The van der Waals surface area contributed by atoms with E-state index in [0.29, 0.717) is 10.5 Å². The molecule has 0 spiro atoms. The molecule has 1 aliphatic rings. The van der Waals surface area contributed by atoms with Crippen molar-refractivity contribution in [2.24, 2.45) is 5.92 Å². The van der Waals surface area contributed by atoms with Gasteiger partial charge in [-0.1, -0.05) is 30.3 Å². The highest BCUT2D eigenvalue weighted by molar-refractivity contribution is 5.90. The highest BCUT2D eigenvalue weighted by atomic mass is 16.6. The van der Waals surface area contributed by atoms with E-state index < -0.39 is 42.0 Å². The van der Waals surface area contributed by atoms with Crippen LogP contribution in [0.1, 0.15) is 18.4 Å². The summed E-state index contributed by atoms with van der Waals surface area (Å²) in [4.78, 5) is 47.1. The van der Waals surface area contributed by atoms with Gasteiger partial charge in [-0.25, -0.2) is 14.4 Å². The Hall–Kier alpha value is -3.10. The third-order valence-electron chi connectivity index (χ3n) is 4.04. The molecule has 0 saturated carbocycles. The average molecular weight is 351 g/mol. The van der Waals surface area contributed by atoms with Crippen molar-refractivity contribution in [3.63, 3.8) is 0 Å². The van der Waals surface area contributed by atoms with Crippen molar-refractivity contribution >= 4 is 24.0 Å². The van der Waals surface area contributed by atoms with Gasteiger partial charge in [0.25, 0.3) is 0 Å². The predicted octanol–water partition coefficient (Wildman–Crippen LogP) is 1.03. The van der Waals surface area contributed by atoms with E-state index in [0.717, 1.165) is 0 Å². The molecule has 0 bridgehead atoms. The van der Waals surface area contributed by atoms with Gasteiger partial charge in [0, 0.05) is 0 Å². The zero-order valence-corrected chi connectivity index (χ0v) is 13.1. The largest absolute Gasteiger partial charge is 0.481 e. The number of hydrogen-bond acceptors (Lipinski definition) is 5. The van der Waals surface area contributed by atoms with Gasteiger partial charge in [0.15, 0.2) is 0 Å². The van der Waals surface area contributed by atoms with Crippen LogP contribution in [0.25, 0.3) is 0 Å². The van der Waals surface area contributed by atoms with Crippen LogP contribution in [0, 0.1) is 5.92 Å². The van der Waals surface area contributed by atoms with E-state index in [1.807, 2.05) is 0 Å². The number of carbonyl (C=O) groups excluding carboxylic acids is 1. The monoisotopic (exact) mass is 351 g/mol. The molecule has 1 heterocycles. The van der Waals surface area contributed by atoms with Crippen molar-refractivity contribution in [1.82, 2.24) is 4.90 Å². The molecule has 134 valence electrons. The van der Waals surface area contributed by atoms with Crippen molar-refractivity contribution in [3.8, 4) is 0 Å². The van der Waals surface area contributed by atoms with Gasteiger partial charge in [-0.3, -0.25) is 9.69 Å². The molecule has 9 nitrogen and oxygen atoms in total. The highest BCUT2D eigenvalue weighted by Gasteiger charge is 2.50. The number of carboxylic acids is 3. The molecule has 0 unspecified atom stereocenters. The number of piperidine rings is 1. The molecule has 25 heavy (non-hydrogen) atoms. The maximum atomic E-state index is 12.4. The fourth-order valence-electron chi connectivity index (χ4n) is 2.85. The van der Waals surface area contributed by atoms with E-state index in [4.69, 9.17) is 4.74 Å². The lowest BCUT2D eigenvalue weighted by molar-refractivity contribution is -0.163. The quantitative estimate of drug-likeness (QED) is 0.714. The zero-order valence-electron chi connectivity index (χ0n) is 13.1. The van der Waals surface area contributed by atoms with Gasteiger partial charge < -0.3 is 20.1 Å². The summed E-state index contributed by atoms with van der Waals surface area (Å²) in [7, 11) is 0. The van der Waals surface area contributed by atoms with Crippen molar-refractivity contribution < 1.29 is 39.2 Å². The van der Waals surface area contributed by atoms with Crippen LogP contribution < -0.4 is 0 Å². The molecule has 1 saturated heterocycles. The smallest absolute Gasteiger partial charge is 0.411 e. The minimum absolute atomic E-state index is 0.161. The number of benzene rings is 1. The predicted molar refractivity (Wildman–Crippen MR) is 81.7 cm³/mol. The number of rotatable bonds is 5. The molecule has 0 aliphatic carbocycles. The standard InChI is InChI=1S/C16H17NO8/c18-13(19)10-6-7-11(14(20)21)17(12(10)15(22)23)16(24)25-8-9-4-2-1-3-5-9/h1-5,10-12H,6-8H2,(H,18,19)(H,20,21)(H,22,23)/t10-,11-,12-/m0/s1. The Kier molecular flexibility index (Phi) is 5.58.